The van der Waals surface area contributed by atoms with Gasteiger partial charge in [-0.2, -0.15) is 0 Å². The summed E-state index contributed by atoms with van der Waals surface area (Å²) >= 11 is 5.77. The Morgan fingerprint density at radius 2 is 1.94 bits per heavy atom. The third-order valence-electron chi connectivity index (χ3n) is 2.00. The highest BCUT2D eigenvalue weighted by Gasteiger charge is 2.13. The van der Waals surface area contributed by atoms with Gasteiger partial charge in [0.15, 0.2) is 0 Å². The Kier molecular flexibility index (Phi) is 3.08. The summed E-state index contributed by atoms with van der Waals surface area (Å²) < 4.78 is 29.3. The lowest BCUT2D eigenvalue weighted by Crippen LogP contribution is -2.09. The second-order valence-corrected chi connectivity index (χ2v) is 5.63. The average Bonchev–Trinajstić information content (AvgIpc) is 2.64. The minimum absolute atomic E-state index is 0.0924. The van der Waals surface area contributed by atoms with Crippen molar-refractivity contribution >= 4 is 27.5 Å². The number of halogens is 1. The molecule has 0 aliphatic carbocycles. The fourth-order valence-electron chi connectivity index (χ4n) is 1.32. The van der Waals surface area contributed by atoms with Gasteiger partial charge in [0.1, 0.15) is 0 Å². The van der Waals surface area contributed by atoms with Crippen molar-refractivity contribution in [3.63, 3.8) is 0 Å². The maximum Gasteiger partial charge on any atom is 0.245 e. The molecule has 0 bridgehead atoms. The number of hydrogen-bond donors (Lipinski definition) is 1. The summed E-state index contributed by atoms with van der Waals surface area (Å²) in [5, 5.41) is 4.17. The zero-order chi connectivity index (χ0) is 12.5. The van der Waals surface area contributed by atoms with Crippen molar-refractivity contribution in [3.8, 4) is 11.1 Å². The summed E-state index contributed by atoms with van der Waals surface area (Å²) in [5.41, 5.74) is 1.33. The van der Waals surface area contributed by atoms with Crippen LogP contribution in [0.5, 0.6) is 0 Å². The molecule has 1 aromatic carbocycles. The van der Waals surface area contributed by atoms with Crippen molar-refractivity contribution < 1.29 is 12.9 Å². The largest absolute Gasteiger partial charge is 0.337 e. The number of hydrogen-bond acceptors (Lipinski definition) is 4. The number of benzene rings is 1. The normalized spacial score (nSPS) is 11.4. The van der Waals surface area contributed by atoms with Crippen LogP contribution in [0.1, 0.15) is 0 Å². The number of rotatable bonds is 3. The van der Waals surface area contributed by atoms with Gasteiger partial charge >= 0.3 is 0 Å². The molecule has 0 atom stereocenters. The van der Waals surface area contributed by atoms with Crippen LogP contribution < -0.4 is 4.72 Å². The first-order chi connectivity index (χ1) is 7.96. The summed E-state index contributed by atoms with van der Waals surface area (Å²) in [6.45, 7) is 0. The Bertz CT molecular complexity index is 619. The van der Waals surface area contributed by atoms with Gasteiger partial charge < -0.3 is 4.52 Å². The topological polar surface area (TPSA) is 72.2 Å². The van der Waals surface area contributed by atoms with Gasteiger partial charge in [0.2, 0.25) is 15.9 Å². The van der Waals surface area contributed by atoms with Crippen molar-refractivity contribution in [1.29, 1.82) is 0 Å². The van der Waals surface area contributed by atoms with Gasteiger partial charge in [-0.3, -0.25) is 4.72 Å². The maximum absolute atomic E-state index is 11.1. The van der Waals surface area contributed by atoms with Gasteiger partial charge in [-0.25, -0.2) is 8.42 Å². The van der Waals surface area contributed by atoms with E-state index in [1.165, 1.54) is 6.20 Å². The third-order valence-corrected chi connectivity index (χ3v) is 2.81. The molecule has 1 N–H and O–H groups in total. The standard InChI is InChI=1S/C10H9ClN2O3S/c1-17(14,15)13-10-9(6-12-16-10)7-2-4-8(11)5-3-7/h2-6,13H,1H3. The molecule has 0 radical (unpaired) electrons. The Balaban J connectivity index is 2.40. The van der Waals surface area contributed by atoms with Crippen molar-refractivity contribution in [1.82, 2.24) is 5.16 Å². The van der Waals surface area contributed by atoms with Crippen LogP contribution in [-0.2, 0) is 10.0 Å². The highest BCUT2D eigenvalue weighted by Crippen LogP contribution is 2.29. The van der Waals surface area contributed by atoms with Crippen molar-refractivity contribution in [3.05, 3.63) is 35.5 Å². The second-order valence-electron chi connectivity index (χ2n) is 3.45. The lowest BCUT2D eigenvalue weighted by molar-refractivity contribution is 0.436. The van der Waals surface area contributed by atoms with E-state index in [1.54, 1.807) is 24.3 Å². The van der Waals surface area contributed by atoms with E-state index in [0.717, 1.165) is 11.8 Å². The number of aromatic nitrogens is 1. The molecule has 0 spiro atoms. The summed E-state index contributed by atoms with van der Waals surface area (Å²) in [5.74, 6) is 0.0924. The predicted octanol–water partition coefficient (Wildman–Crippen LogP) is 2.37. The maximum atomic E-state index is 11.1. The summed E-state index contributed by atoms with van der Waals surface area (Å²) in [4.78, 5) is 0. The molecule has 0 amide bonds. The van der Waals surface area contributed by atoms with Crippen LogP contribution >= 0.6 is 11.6 Å². The van der Waals surface area contributed by atoms with Gasteiger partial charge in [0.25, 0.3) is 0 Å². The van der Waals surface area contributed by atoms with Crippen LogP contribution in [0.4, 0.5) is 5.88 Å². The highest BCUT2D eigenvalue weighted by molar-refractivity contribution is 7.92. The minimum atomic E-state index is -3.40. The molecule has 90 valence electrons. The van der Waals surface area contributed by atoms with Gasteiger partial charge in [-0.15, -0.1) is 0 Å². The van der Waals surface area contributed by atoms with Gasteiger partial charge in [0.05, 0.1) is 18.0 Å². The van der Waals surface area contributed by atoms with Crippen LogP contribution in [0.3, 0.4) is 0 Å². The van der Waals surface area contributed by atoms with E-state index >= 15 is 0 Å². The highest BCUT2D eigenvalue weighted by atomic mass is 35.5. The number of nitrogens with one attached hydrogen (secondary N) is 1. The SMILES string of the molecule is CS(=O)(=O)Nc1oncc1-c1ccc(Cl)cc1. The molecule has 7 heteroatoms. The van der Waals surface area contributed by atoms with E-state index in [1.807, 2.05) is 0 Å². The van der Waals surface area contributed by atoms with Crippen LogP contribution in [0, 0.1) is 0 Å². The molecule has 0 saturated heterocycles. The first-order valence-electron chi connectivity index (χ1n) is 4.64. The predicted molar refractivity (Wildman–Crippen MR) is 65.4 cm³/mol. The Hall–Kier alpha value is -1.53. The lowest BCUT2D eigenvalue weighted by Gasteiger charge is -2.02. The van der Waals surface area contributed by atoms with Gasteiger partial charge in [-0.1, -0.05) is 28.9 Å². The average molecular weight is 273 g/mol. The molecule has 0 aliphatic heterocycles. The van der Waals surface area contributed by atoms with Gasteiger partial charge in [-0.05, 0) is 17.7 Å². The van der Waals surface area contributed by atoms with Crippen molar-refractivity contribution in [2.24, 2.45) is 0 Å². The molecular formula is C10H9ClN2O3S. The Labute approximate surface area is 103 Å². The van der Waals surface area contributed by atoms with E-state index in [4.69, 9.17) is 16.1 Å². The summed E-state index contributed by atoms with van der Waals surface area (Å²) in [6, 6.07) is 6.91. The van der Waals surface area contributed by atoms with E-state index in [-0.39, 0.29) is 5.88 Å². The Morgan fingerprint density at radius 1 is 1.29 bits per heavy atom. The summed E-state index contributed by atoms with van der Waals surface area (Å²) in [6.07, 6.45) is 2.48. The number of sulfonamides is 1. The molecular weight excluding hydrogens is 264 g/mol. The quantitative estimate of drug-likeness (QED) is 0.931. The van der Waals surface area contributed by atoms with Gasteiger partial charge in [0, 0.05) is 5.02 Å². The molecule has 0 fully saturated rings. The molecule has 17 heavy (non-hydrogen) atoms. The van der Waals surface area contributed by atoms with Crippen LogP contribution in [0.15, 0.2) is 35.0 Å². The molecule has 2 aromatic rings. The molecule has 1 heterocycles. The minimum Gasteiger partial charge on any atom is -0.337 e. The van der Waals surface area contributed by atoms with E-state index in [0.29, 0.717) is 10.6 Å². The fourth-order valence-corrected chi connectivity index (χ4v) is 1.93. The molecule has 2 rings (SSSR count). The lowest BCUT2D eigenvalue weighted by atomic mass is 10.1. The molecule has 0 saturated carbocycles. The molecule has 0 aliphatic rings. The number of nitrogens with zero attached hydrogens (tertiary/aromatic N) is 1. The zero-order valence-electron chi connectivity index (χ0n) is 8.84. The number of anilines is 1. The summed E-state index contributed by atoms with van der Waals surface area (Å²) in [7, 11) is -3.40. The molecule has 5 nitrogen and oxygen atoms in total. The van der Waals surface area contributed by atoms with Crippen LogP contribution in [0.2, 0.25) is 5.02 Å². The van der Waals surface area contributed by atoms with Crippen LogP contribution in [0.25, 0.3) is 11.1 Å². The first-order valence-corrected chi connectivity index (χ1v) is 6.91. The smallest absolute Gasteiger partial charge is 0.245 e. The zero-order valence-corrected chi connectivity index (χ0v) is 10.4. The Morgan fingerprint density at radius 3 is 2.53 bits per heavy atom. The van der Waals surface area contributed by atoms with E-state index in [9.17, 15) is 8.42 Å². The monoisotopic (exact) mass is 272 g/mol. The van der Waals surface area contributed by atoms with Crippen molar-refractivity contribution in [2.75, 3.05) is 11.0 Å². The third kappa shape index (κ3) is 2.98. The molecule has 0 unspecified atom stereocenters. The van der Waals surface area contributed by atoms with Crippen molar-refractivity contribution in [2.45, 2.75) is 0 Å². The van der Waals surface area contributed by atoms with Crippen LogP contribution in [-0.4, -0.2) is 19.8 Å². The van der Waals surface area contributed by atoms with E-state index in [2.05, 4.69) is 9.88 Å². The fraction of sp³-hybridized carbons (Fsp3) is 0.100. The van der Waals surface area contributed by atoms with E-state index < -0.39 is 10.0 Å². The second kappa shape index (κ2) is 4.38. The first kappa shape index (κ1) is 11.9. The molecule has 1 aromatic heterocycles.